The number of carbonyl (C=O) groups is 1. The lowest BCUT2D eigenvalue weighted by atomic mass is 9.82. The normalized spacial score (nSPS) is 20.9. The predicted molar refractivity (Wildman–Crippen MR) is 120 cm³/mol. The second-order valence-electron chi connectivity index (χ2n) is 7.89. The Hall–Kier alpha value is -3.11. The van der Waals surface area contributed by atoms with Gasteiger partial charge in [-0.3, -0.25) is 9.48 Å². The monoisotopic (exact) mass is 423 g/mol. The van der Waals surface area contributed by atoms with Gasteiger partial charge in [0, 0.05) is 43.2 Å². The average Bonchev–Trinajstić information content (AvgIpc) is 3.13. The largest absolute Gasteiger partial charge is 0.552 e. The Kier molecular flexibility index (Phi) is 5.84. The van der Waals surface area contributed by atoms with E-state index in [1.165, 1.54) is 0 Å². The molecule has 1 aromatic heterocycles. The van der Waals surface area contributed by atoms with Crippen LogP contribution >= 0.6 is 0 Å². The van der Waals surface area contributed by atoms with E-state index in [1.807, 2.05) is 32.2 Å². The summed E-state index contributed by atoms with van der Waals surface area (Å²) in [6.45, 7) is 4.96. The second-order valence-corrected chi connectivity index (χ2v) is 7.89. The molecule has 1 aromatic carbocycles. The first-order valence-electron chi connectivity index (χ1n) is 10.2. The number of hydrogen-bond donors (Lipinski definition) is 3. The van der Waals surface area contributed by atoms with Crippen LogP contribution in [-0.2, 0) is 4.74 Å². The van der Waals surface area contributed by atoms with Crippen molar-refractivity contribution in [3.63, 3.8) is 0 Å². The third-order valence-corrected chi connectivity index (χ3v) is 5.65. The number of allylic oxidation sites excluding steroid dienone is 1. The fourth-order valence-electron chi connectivity index (χ4n) is 4.10. The number of fused-ring (bicyclic) bond motifs is 1. The maximum Gasteiger partial charge on any atom is 0.552 e. The van der Waals surface area contributed by atoms with Crippen LogP contribution in [0.4, 0.5) is 11.5 Å². The van der Waals surface area contributed by atoms with E-state index >= 15 is 0 Å². The molecule has 2 atom stereocenters. The SMILES string of the molecule is CN=C[C@H]1CCOC[C@@H]1n1cc(C(N)=O)c(Nc2cc(C)c3c(c2)C(C)=CB(O)O3)n1. The van der Waals surface area contributed by atoms with Crippen molar-refractivity contribution in [3.05, 3.63) is 41.0 Å². The molecular weight excluding hydrogens is 397 g/mol. The fourth-order valence-corrected chi connectivity index (χ4v) is 4.10. The maximum atomic E-state index is 12.1. The number of aliphatic imine (C=N–C) groups is 1. The Labute approximate surface area is 181 Å². The molecule has 3 heterocycles. The molecule has 0 spiro atoms. The minimum atomic E-state index is -0.959. The van der Waals surface area contributed by atoms with Gasteiger partial charge >= 0.3 is 7.12 Å². The maximum absolute atomic E-state index is 12.1. The number of anilines is 2. The summed E-state index contributed by atoms with van der Waals surface area (Å²) in [4.78, 5) is 16.3. The number of nitrogens with one attached hydrogen (secondary N) is 1. The molecule has 1 fully saturated rings. The highest BCUT2D eigenvalue weighted by molar-refractivity contribution is 6.52. The molecule has 10 heteroatoms. The van der Waals surface area contributed by atoms with Gasteiger partial charge in [0.1, 0.15) is 11.3 Å². The molecule has 0 bridgehead atoms. The van der Waals surface area contributed by atoms with E-state index in [9.17, 15) is 9.82 Å². The van der Waals surface area contributed by atoms with Crippen molar-refractivity contribution in [2.75, 3.05) is 25.6 Å². The van der Waals surface area contributed by atoms with Gasteiger partial charge in [-0.25, -0.2) is 0 Å². The van der Waals surface area contributed by atoms with Gasteiger partial charge in [-0.1, -0.05) is 0 Å². The zero-order valence-corrected chi connectivity index (χ0v) is 17.8. The quantitative estimate of drug-likeness (QED) is 0.500. The van der Waals surface area contributed by atoms with Crippen LogP contribution in [0.1, 0.15) is 40.9 Å². The van der Waals surface area contributed by atoms with Crippen LogP contribution in [0.2, 0.25) is 0 Å². The molecule has 9 nitrogen and oxygen atoms in total. The predicted octanol–water partition coefficient (Wildman–Crippen LogP) is 2.13. The van der Waals surface area contributed by atoms with Crippen molar-refractivity contribution in [1.29, 1.82) is 0 Å². The summed E-state index contributed by atoms with van der Waals surface area (Å²) in [7, 11) is 0.786. The fraction of sp³-hybridized carbons (Fsp3) is 0.381. The zero-order chi connectivity index (χ0) is 22.1. The molecule has 1 saturated heterocycles. The number of benzene rings is 1. The lowest BCUT2D eigenvalue weighted by Crippen LogP contribution is -2.31. The number of ether oxygens (including phenoxy) is 1. The van der Waals surface area contributed by atoms with Gasteiger partial charge in [-0.2, -0.15) is 5.10 Å². The Morgan fingerprint density at radius 3 is 3.00 bits per heavy atom. The Bertz CT molecular complexity index is 1060. The van der Waals surface area contributed by atoms with E-state index < -0.39 is 13.0 Å². The summed E-state index contributed by atoms with van der Waals surface area (Å²) in [6, 6.07) is 3.71. The molecule has 0 radical (unpaired) electrons. The molecule has 162 valence electrons. The zero-order valence-electron chi connectivity index (χ0n) is 17.8. The highest BCUT2D eigenvalue weighted by atomic mass is 16.5. The number of nitrogens with zero attached hydrogens (tertiary/aromatic N) is 3. The van der Waals surface area contributed by atoms with Crippen LogP contribution in [-0.4, -0.2) is 54.3 Å². The number of primary amides is 1. The number of nitrogens with two attached hydrogens (primary N) is 1. The molecule has 31 heavy (non-hydrogen) atoms. The highest BCUT2D eigenvalue weighted by Crippen LogP contribution is 2.37. The number of aromatic nitrogens is 2. The standard InChI is InChI=1S/C21H26BN5O4/c1-12-6-15(7-16-13(2)8-22(29)31-19(12)16)25-21-17(20(23)28)10-27(26-21)18-11-30-5-4-14(18)9-24-3/h6-10,14,18,29H,4-5,11H2,1-3H3,(H2,23,28)(H,25,26)/t14-,18+/m1/s1. The number of aryl methyl sites for hydroxylation is 1. The minimum absolute atomic E-state index is 0.0727. The van der Waals surface area contributed by atoms with Crippen molar-refractivity contribution in [1.82, 2.24) is 9.78 Å². The number of carbonyl (C=O) groups excluding carboxylic acids is 1. The molecule has 0 saturated carbocycles. The smallest absolute Gasteiger partial charge is 0.532 e. The van der Waals surface area contributed by atoms with Gasteiger partial charge in [0.2, 0.25) is 0 Å². The van der Waals surface area contributed by atoms with Crippen molar-refractivity contribution in [2.24, 2.45) is 16.6 Å². The highest BCUT2D eigenvalue weighted by Gasteiger charge is 2.29. The Morgan fingerprint density at radius 1 is 1.45 bits per heavy atom. The van der Waals surface area contributed by atoms with Crippen molar-refractivity contribution in [2.45, 2.75) is 26.3 Å². The molecule has 4 rings (SSSR count). The molecule has 0 unspecified atom stereocenters. The van der Waals surface area contributed by atoms with E-state index in [1.54, 1.807) is 23.9 Å². The Balaban J connectivity index is 1.68. The van der Waals surface area contributed by atoms with Crippen LogP contribution in [0.3, 0.4) is 0 Å². The molecule has 4 N–H and O–H groups in total. The molecular formula is C21H26BN5O4. The molecule has 2 aromatic rings. The van der Waals surface area contributed by atoms with Crippen molar-refractivity contribution < 1.29 is 19.2 Å². The molecule has 0 aliphatic carbocycles. The van der Waals surface area contributed by atoms with E-state index in [2.05, 4.69) is 15.4 Å². The summed E-state index contributed by atoms with van der Waals surface area (Å²) in [6.07, 6.45) is 4.40. The second kappa shape index (κ2) is 8.56. The molecule has 1 amide bonds. The van der Waals surface area contributed by atoms with Crippen molar-refractivity contribution in [3.8, 4) is 5.75 Å². The van der Waals surface area contributed by atoms with Gasteiger partial charge in [0.15, 0.2) is 5.82 Å². The van der Waals surface area contributed by atoms with Crippen LogP contribution < -0.4 is 15.7 Å². The van der Waals surface area contributed by atoms with Crippen LogP contribution in [0, 0.1) is 12.8 Å². The number of amides is 1. The third-order valence-electron chi connectivity index (χ3n) is 5.65. The van der Waals surface area contributed by atoms with E-state index in [4.69, 9.17) is 15.1 Å². The van der Waals surface area contributed by atoms with Gasteiger partial charge in [0.05, 0.1) is 12.6 Å². The van der Waals surface area contributed by atoms with Crippen LogP contribution in [0.15, 0.2) is 29.3 Å². The first-order chi connectivity index (χ1) is 14.9. The minimum Gasteiger partial charge on any atom is -0.532 e. The first-order valence-corrected chi connectivity index (χ1v) is 10.2. The summed E-state index contributed by atoms with van der Waals surface area (Å²) in [5, 5.41) is 17.7. The first kappa shape index (κ1) is 21.1. The topological polar surface area (TPSA) is 124 Å². The van der Waals surface area contributed by atoms with E-state index in [0.29, 0.717) is 30.3 Å². The van der Waals surface area contributed by atoms with Crippen molar-refractivity contribution >= 4 is 36.3 Å². The summed E-state index contributed by atoms with van der Waals surface area (Å²) < 4.78 is 12.9. The van der Waals surface area contributed by atoms with Crippen LogP contribution in [0.5, 0.6) is 5.75 Å². The lowest BCUT2D eigenvalue weighted by molar-refractivity contribution is 0.0385. The Morgan fingerprint density at radius 2 is 2.26 bits per heavy atom. The van der Waals surface area contributed by atoms with E-state index in [-0.39, 0.29) is 12.0 Å². The van der Waals surface area contributed by atoms with Gasteiger partial charge in [-0.15, -0.1) is 0 Å². The van der Waals surface area contributed by atoms with E-state index in [0.717, 1.165) is 28.8 Å². The van der Waals surface area contributed by atoms with Gasteiger partial charge in [-0.05, 0) is 49.5 Å². The van der Waals surface area contributed by atoms with Crippen LogP contribution in [0.25, 0.3) is 5.57 Å². The van der Waals surface area contributed by atoms with Gasteiger partial charge < -0.3 is 30.5 Å². The average molecular weight is 423 g/mol. The molecule has 2 aliphatic rings. The number of rotatable bonds is 5. The number of hydrogen-bond acceptors (Lipinski definition) is 7. The third kappa shape index (κ3) is 4.21. The lowest BCUT2D eigenvalue weighted by Gasteiger charge is -2.29. The summed E-state index contributed by atoms with van der Waals surface area (Å²) in [5.41, 5.74) is 9.30. The van der Waals surface area contributed by atoms with Gasteiger partial charge in [0.25, 0.3) is 5.91 Å². The molecule has 2 aliphatic heterocycles. The summed E-state index contributed by atoms with van der Waals surface area (Å²) >= 11 is 0. The summed E-state index contributed by atoms with van der Waals surface area (Å²) in [5.74, 6) is 2.26.